The van der Waals surface area contributed by atoms with Gasteiger partial charge in [-0.3, -0.25) is 9.69 Å². The lowest BCUT2D eigenvalue weighted by atomic mass is 10.0. The van der Waals surface area contributed by atoms with Crippen molar-refractivity contribution in [1.29, 1.82) is 0 Å². The predicted octanol–water partition coefficient (Wildman–Crippen LogP) is 4.37. The van der Waals surface area contributed by atoms with Gasteiger partial charge in [-0.1, -0.05) is 43.6 Å². The van der Waals surface area contributed by atoms with Gasteiger partial charge >= 0.3 is 6.03 Å². The van der Waals surface area contributed by atoms with Crippen LogP contribution < -0.4 is 10.1 Å². The molecule has 0 spiro atoms. The maximum absolute atomic E-state index is 13.5. The van der Waals surface area contributed by atoms with Gasteiger partial charge in [0.05, 0.1) is 17.3 Å². The molecule has 11 heteroatoms. The lowest BCUT2D eigenvalue weighted by Gasteiger charge is -2.27. The first-order chi connectivity index (χ1) is 17.6. The highest BCUT2D eigenvalue weighted by atomic mass is 127. The van der Waals surface area contributed by atoms with Crippen LogP contribution >= 0.6 is 34.2 Å². The number of aliphatic hydroxyl groups is 2. The van der Waals surface area contributed by atoms with Gasteiger partial charge in [-0.05, 0) is 65.3 Å². The number of aromatic amines is 1. The maximum Gasteiger partial charge on any atom is 0.325 e. The van der Waals surface area contributed by atoms with Crippen molar-refractivity contribution in [3.63, 3.8) is 0 Å². The molecule has 1 aromatic heterocycles. The Hall–Kier alpha value is -2.67. The number of urea groups is 1. The molecule has 0 radical (unpaired) electrons. The Morgan fingerprint density at radius 3 is 2.51 bits per heavy atom. The van der Waals surface area contributed by atoms with Gasteiger partial charge in [0.15, 0.2) is 0 Å². The van der Waals surface area contributed by atoms with Gasteiger partial charge in [0.2, 0.25) is 0 Å². The zero-order valence-corrected chi connectivity index (χ0v) is 23.4. The van der Waals surface area contributed by atoms with E-state index in [-0.39, 0.29) is 18.4 Å². The van der Waals surface area contributed by atoms with Crippen LogP contribution in [0.4, 0.5) is 4.79 Å². The number of carbonyl (C=O) groups excluding carboxylic acids is 2. The number of halogens is 2. The molecule has 1 fully saturated rings. The molecule has 3 aromatic rings. The van der Waals surface area contributed by atoms with Crippen molar-refractivity contribution in [2.45, 2.75) is 39.0 Å². The SMILES string of the molecule is Cc1[nH]c([C@H](C(C)C)N2C(=O)NC(c3ccc(OCC(O)CO)cc3)C2=O)nc1-c1ccc(I)cc1Cl. The summed E-state index contributed by atoms with van der Waals surface area (Å²) in [5, 5.41) is 21.7. The van der Waals surface area contributed by atoms with Crippen LogP contribution in [0.15, 0.2) is 42.5 Å². The minimum absolute atomic E-state index is 0.0588. The summed E-state index contributed by atoms with van der Waals surface area (Å²) in [5.41, 5.74) is 2.83. The number of imide groups is 1. The number of aliphatic hydroxyl groups excluding tert-OH is 2. The van der Waals surface area contributed by atoms with E-state index in [2.05, 4.69) is 32.9 Å². The number of nitrogens with one attached hydrogen (secondary N) is 2. The molecular formula is C26H28ClIN4O5. The third kappa shape index (κ3) is 5.77. The topological polar surface area (TPSA) is 128 Å². The Labute approximate surface area is 233 Å². The molecule has 4 rings (SSSR count). The lowest BCUT2D eigenvalue weighted by Crippen LogP contribution is -2.38. The first-order valence-electron chi connectivity index (χ1n) is 11.8. The lowest BCUT2D eigenvalue weighted by molar-refractivity contribution is -0.130. The fraction of sp³-hybridized carbons (Fsp3) is 0.346. The van der Waals surface area contributed by atoms with E-state index in [4.69, 9.17) is 26.4 Å². The molecule has 196 valence electrons. The average Bonchev–Trinajstić information content (AvgIpc) is 3.37. The number of H-pyrrole nitrogens is 1. The zero-order chi connectivity index (χ0) is 26.9. The number of hydrogen-bond donors (Lipinski definition) is 4. The second-order valence-electron chi connectivity index (χ2n) is 9.22. The molecule has 37 heavy (non-hydrogen) atoms. The first-order valence-corrected chi connectivity index (χ1v) is 13.2. The molecule has 2 unspecified atom stereocenters. The van der Waals surface area contributed by atoms with Gasteiger partial charge in [0, 0.05) is 14.8 Å². The number of imidazole rings is 1. The van der Waals surface area contributed by atoms with E-state index < -0.39 is 30.8 Å². The fourth-order valence-electron chi connectivity index (χ4n) is 4.29. The number of ether oxygens (including phenoxy) is 1. The number of amides is 3. The minimum Gasteiger partial charge on any atom is -0.491 e. The van der Waals surface area contributed by atoms with Crippen molar-refractivity contribution < 1.29 is 24.5 Å². The number of carbonyl (C=O) groups is 2. The van der Waals surface area contributed by atoms with E-state index in [9.17, 15) is 14.7 Å². The monoisotopic (exact) mass is 638 g/mol. The maximum atomic E-state index is 13.5. The number of aromatic nitrogens is 2. The third-order valence-corrected chi connectivity index (χ3v) is 7.10. The van der Waals surface area contributed by atoms with Gasteiger partial charge in [0.1, 0.15) is 36.4 Å². The van der Waals surface area contributed by atoms with Crippen molar-refractivity contribution in [3.05, 3.63) is 68.1 Å². The van der Waals surface area contributed by atoms with Crippen molar-refractivity contribution in [2.75, 3.05) is 13.2 Å². The molecule has 0 bridgehead atoms. The second-order valence-corrected chi connectivity index (χ2v) is 10.9. The Morgan fingerprint density at radius 1 is 1.19 bits per heavy atom. The molecule has 2 aromatic carbocycles. The molecular weight excluding hydrogens is 611 g/mol. The van der Waals surface area contributed by atoms with Crippen molar-refractivity contribution in [3.8, 4) is 17.0 Å². The molecule has 2 heterocycles. The number of benzene rings is 2. The Kier molecular flexibility index (Phi) is 8.42. The Bertz CT molecular complexity index is 1300. The second kappa shape index (κ2) is 11.4. The van der Waals surface area contributed by atoms with Gasteiger partial charge in [-0.15, -0.1) is 0 Å². The molecule has 1 saturated heterocycles. The highest BCUT2D eigenvalue weighted by Crippen LogP contribution is 2.37. The van der Waals surface area contributed by atoms with E-state index in [0.29, 0.717) is 27.9 Å². The van der Waals surface area contributed by atoms with Gasteiger partial charge in [-0.25, -0.2) is 9.78 Å². The Morgan fingerprint density at radius 2 is 1.89 bits per heavy atom. The van der Waals surface area contributed by atoms with Crippen LogP contribution in [-0.4, -0.2) is 56.3 Å². The van der Waals surface area contributed by atoms with E-state index in [1.165, 1.54) is 4.90 Å². The summed E-state index contributed by atoms with van der Waals surface area (Å²) in [6.45, 7) is 5.29. The highest BCUT2D eigenvalue weighted by molar-refractivity contribution is 14.1. The largest absolute Gasteiger partial charge is 0.491 e. The molecule has 4 N–H and O–H groups in total. The van der Waals surface area contributed by atoms with E-state index in [1.54, 1.807) is 24.3 Å². The predicted molar refractivity (Wildman–Crippen MR) is 147 cm³/mol. The van der Waals surface area contributed by atoms with Gasteiger partial charge in [0.25, 0.3) is 5.91 Å². The summed E-state index contributed by atoms with van der Waals surface area (Å²) in [4.78, 5) is 35.9. The van der Waals surface area contributed by atoms with Crippen molar-refractivity contribution >= 4 is 46.1 Å². The highest BCUT2D eigenvalue weighted by Gasteiger charge is 2.45. The zero-order valence-electron chi connectivity index (χ0n) is 20.5. The van der Waals surface area contributed by atoms with Crippen molar-refractivity contribution in [2.24, 2.45) is 5.92 Å². The molecule has 1 aliphatic heterocycles. The summed E-state index contributed by atoms with van der Waals surface area (Å²) in [6, 6.07) is 10.4. The summed E-state index contributed by atoms with van der Waals surface area (Å²) in [5.74, 6) is 0.481. The molecule has 9 nitrogen and oxygen atoms in total. The van der Waals surface area contributed by atoms with Crippen LogP contribution in [0, 0.1) is 16.4 Å². The fourth-order valence-corrected chi connectivity index (χ4v) is 5.23. The first kappa shape index (κ1) is 27.4. The summed E-state index contributed by atoms with van der Waals surface area (Å²) in [7, 11) is 0. The minimum atomic E-state index is -0.982. The van der Waals surface area contributed by atoms with Crippen LogP contribution in [0.1, 0.15) is 43.0 Å². The molecule has 1 aliphatic rings. The van der Waals surface area contributed by atoms with E-state index in [0.717, 1.165) is 14.8 Å². The smallest absolute Gasteiger partial charge is 0.325 e. The third-order valence-electron chi connectivity index (χ3n) is 6.12. The molecule has 3 amide bonds. The Balaban J connectivity index is 1.59. The summed E-state index contributed by atoms with van der Waals surface area (Å²) < 4.78 is 6.43. The number of rotatable bonds is 9. The van der Waals surface area contributed by atoms with Gasteiger partial charge in [-0.2, -0.15) is 0 Å². The summed E-state index contributed by atoms with van der Waals surface area (Å²) >= 11 is 8.68. The quantitative estimate of drug-likeness (QED) is 0.204. The standard InChI is InChI=1S/C26H28ClIN4O5/c1-13(2)23(24-29-14(3)21(30-24)19-9-6-16(28)10-20(19)27)32-25(35)22(31-26(32)36)15-4-7-18(8-5-15)37-12-17(34)11-33/h4-10,13,17,22-23,33-34H,11-12H2,1-3H3,(H,29,30)(H,31,36)/t17?,22?,23-/m0/s1. The van der Waals surface area contributed by atoms with Crippen LogP contribution in [-0.2, 0) is 4.79 Å². The normalized spacial score (nSPS) is 17.3. The van der Waals surface area contributed by atoms with Crippen LogP contribution in [0.2, 0.25) is 5.02 Å². The number of hydrogen-bond acceptors (Lipinski definition) is 6. The number of nitrogens with zero attached hydrogens (tertiary/aromatic N) is 2. The van der Waals surface area contributed by atoms with Crippen molar-refractivity contribution in [1.82, 2.24) is 20.2 Å². The van der Waals surface area contributed by atoms with E-state index in [1.807, 2.05) is 39.0 Å². The molecule has 0 aliphatic carbocycles. The summed E-state index contributed by atoms with van der Waals surface area (Å²) in [6.07, 6.45) is -0.982. The van der Waals surface area contributed by atoms with Crippen LogP contribution in [0.5, 0.6) is 5.75 Å². The van der Waals surface area contributed by atoms with Crippen LogP contribution in [0.3, 0.4) is 0 Å². The van der Waals surface area contributed by atoms with Crippen LogP contribution in [0.25, 0.3) is 11.3 Å². The molecule has 0 saturated carbocycles. The number of aryl methyl sites for hydroxylation is 1. The van der Waals surface area contributed by atoms with Gasteiger partial charge < -0.3 is 25.3 Å². The van der Waals surface area contributed by atoms with E-state index >= 15 is 0 Å². The average molecular weight is 639 g/mol. The molecule has 3 atom stereocenters.